The van der Waals surface area contributed by atoms with Crippen molar-refractivity contribution in [2.45, 2.75) is 0 Å². The Hall–Kier alpha value is -1.65. The maximum atomic E-state index is 11.1. The number of carbonyl (C=O) groups excluding carboxylic acids is 1. The van der Waals surface area contributed by atoms with E-state index in [4.69, 9.17) is 4.42 Å². The summed E-state index contributed by atoms with van der Waals surface area (Å²) in [7, 11) is 0. The summed E-state index contributed by atoms with van der Waals surface area (Å²) in [5.41, 5.74) is 0.249. The molecule has 1 aromatic rings. The van der Waals surface area contributed by atoms with E-state index in [0.717, 1.165) is 0 Å². The summed E-state index contributed by atoms with van der Waals surface area (Å²) in [6.07, 6.45) is 2.77. The number of nitrogens with zero attached hydrogens (tertiary/aromatic N) is 2. The Kier molecular flexibility index (Phi) is 1.21. The maximum absolute atomic E-state index is 11.1. The third-order valence-corrected chi connectivity index (χ3v) is 1.33. The van der Waals surface area contributed by atoms with Crippen LogP contribution in [0.4, 0.5) is 5.88 Å². The number of hydrogen-bond acceptors (Lipinski definition) is 4. The molecular weight excluding hydrogens is 146 g/mol. The fraction of sp³-hybridized carbons (Fsp3) is 0.167. The average molecular weight is 151 g/mol. The van der Waals surface area contributed by atoms with Crippen LogP contribution in [0.5, 0.6) is 0 Å². The monoisotopic (exact) mass is 151 g/mol. The summed E-state index contributed by atoms with van der Waals surface area (Å²) in [5.74, 6) is 0.0336. The highest BCUT2D eigenvalue weighted by atomic mass is 16.4. The van der Waals surface area contributed by atoms with E-state index < -0.39 is 0 Å². The van der Waals surface area contributed by atoms with Crippen molar-refractivity contribution in [3.8, 4) is 0 Å². The van der Waals surface area contributed by atoms with Gasteiger partial charge in [0.1, 0.15) is 0 Å². The third-order valence-electron chi connectivity index (χ3n) is 1.33. The number of amides is 1. The zero-order chi connectivity index (χ0) is 7.68. The molecular formula is C6H5N3O2. The predicted octanol–water partition coefficient (Wildman–Crippen LogP) is 0.120. The molecule has 0 spiro atoms. The minimum absolute atomic E-state index is 0.244. The number of nitrogens with one attached hydrogen (secondary N) is 1. The molecule has 1 amide bonds. The number of carbonyl (C=O) groups is 1. The van der Waals surface area contributed by atoms with Crippen molar-refractivity contribution in [2.75, 3.05) is 6.54 Å². The van der Waals surface area contributed by atoms with Gasteiger partial charge in [-0.2, -0.15) is 0 Å². The lowest BCUT2D eigenvalue weighted by Crippen LogP contribution is -2.23. The summed E-state index contributed by atoms with van der Waals surface area (Å²) in [4.78, 5) is 18.6. The highest BCUT2D eigenvalue weighted by Crippen LogP contribution is 2.17. The molecule has 0 unspecified atom stereocenters. The molecule has 1 aliphatic heterocycles. The minimum atomic E-state index is -0.244. The first kappa shape index (κ1) is 6.09. The van der Waals surface area contributed by atoms with Crippen LogP contribution in [0.3, 0.4) is 0 Å². The van der Waals surface area contributed by atoms with Crippen molar-refractivity contribution in [2.24, 2.45) is 4.99 Å². The highest BCUT2D eigenvalue weighted by molar-refractivity contribution is 5.98. The molecule has 1 aliphatic rings. The molecule has 0 radical (unpaired) electrons. The first-order chi connectivity index (χ1) is 5.38. The second-order valence-electron chi connectivity index (χ2n) is 2.03. The molecule has 2 rings (SSSR count). The Balaban J connectivity index is 2.53. The summed E-state index contributed by atoms with van der Waals surface area (Å²) >= 11 is 0. The number of hydrogen-bond donors (Lipinski definition) is 1. The molecule has 0 saturated heterocycles. The van der Waals surface area contributed by atoms with E-state index in [-0.39, 0.29) is 17.5 Å². The lowest BCUT2D eigenvalue weighted by atomic mass is 10.4. The third kappa shape index (κ3) is 0.899. The van der Waals surface area contributed by atoms with Crippen molar-refractivity contribution >= 4 is 18.0 Å². The zero-order valence-corrected chi connectivity index (χ0v) is 5.57. The molecule has 1 aromatic heterocycles. The van der Waals surface area contributed by atoms with Crippen LogP contribution >= 0.6 is 0 Å². The molecule has 5 nitrogen and oxygen atoms in total. The fourth-order valence-corrected chi connectivity index (χ4v) is 0.838. The second kappa shape index (κ2) is 2.19. The Bertz CT molecular complexity index is 315. The van der Waals surface area contributed by atoms with Gasteiger partial charge in [0.25, 0.3) is 11.8 Å². The Labute approximate surface area is 62.1 Å². The summed E-state index contributed by atoms with van der Waals surface area (Å²) in [6.45, 7) is 0.421. The quantitative estimate of drug-likeness (QED) is 0.572. The zero-order valence-electron chi connectivity index (χ0n) is 5.57. The van der Waals surface area contributed by atoms with Gasteiger partial charge in [0.15, 0.2) is 12.1 Å². The van der Waals surface area contributed by atoms with Gasteiger partial charge in [-0.25, -0.2) is 9.98 Å². The van der Waals surface area contributed by atoms with Gasteiger partial charge in [0.2, 0.25) is 0 Å². The number of rotatable bonds is 0. The van der Waals surface area contributed by atoms with Crippen molar-refractivity contribution in [1.29, 1.82) is 0 Å². The molecule has 0 bridgehead atoms. The van der Waals surface area contributed by atoms with Gasteiger partial charge in [0, 0.05) is 6.21 Å². The first-order valence-corrected chi connectivity index (χ1v) is 3.12. The van der Waals surface area contributed by atoms with Crippen LogP contribution in [-0.4, -0.2) is 23.7 Å². The average Bonchev–Trinajstić information content (AvgIpc) is 2.40. The molecule has 56 valence electrons. The van der Waals surface area contributed by atoms with Crippen LogP contribution in [0.15, 0.2) is 15.8 Å². The van der Waals surface area contributed by atoms with Crippen molar-refractivity contribution < 1.29 is 9.21 Å². The summed E-state index contributed by atoms with van der Waals surface area (Å²) in [5, 5.41) is 2.58. The van der Waals surface area contributed by atoms with E-state index in [1.807, 2.05) is 0 Å². The Morgan fingerprint density at radius 2 is 2.55 bits per heavy atom. The van der Waals surface area contributed by atoms with Gasteiger partial charge in [-0.3, -0.25) is 4.79 Å². The second-order valence-corrected chi connectivity index (χ2v) is 2.03. The van der Waals surface area contributed by atoms with E-state index in [1.54, 1.807) is 6.21 Å². The van der Waals surface area contributed by atoms with Gasteiger partial charge < -0.3 is 9.73 Å². The van der Waals surface area contributed by atoms with Gasteiger partial charge in [-0.1, -0.05) is 0 Å². The smallest absolute Gasteiger partial charge is 0.275 e. The number of oxazole rings is 1. The summed E-state index contributed by atoms with van der Waals surface area (Å²) in [6, 6.07) is 0. The number of aliphatic imine (C=N–C) groups is 1. The first-order valence-electron chi connectivity index (χ1n) is 3.12. The molecule has 2 heterocycles. The fourth-order valence-electron chi connectivity index (χ4n) is 0.838. The van der Waals surface area contributed by atoms with Crippen LogP contribution in [0.25, 0.3) is 0 Å². The van der Waals surface area contributed by atoms with Crippen LogP contribution in [-0.2, 0) is 0 Å². The lowest BCUT2D eigenvalue weighted by Gasteiger charge is -1.92. The van der Waals surface area contributed by atoms with Crippen molar-refractivity contribution in [3.63, 3.8) is 0 Å². The van der Waals surface area contributed by atoms with E-state index in [2.05, 4.69) is 15.3 Å². The van der Waals surface area contributed by atoms with E-state index >= 15 is 0 Å². The van der Waals surface area contributed by atoms with Gasteiger partial charge >= 0.3 is 0 Å². The normalized spacial score (nSPS) is 15.5. The molecule has 1 N–H and O–H groups in total. The molecule has 0 aromatic carbocycles. The highest BCUT2D eigenvalue weighted by Gasteiger charge is 2.16. The van der Waals surface area contributed by atoms with Crippen LogP contribution in [0, 0.1) is 0 Å². The Morgan fingerprint density at radius 1 is 1.64 bits per heavy atom. The largest absolute Gasteiger partial charge is 0.425 e. The van der Waals surface area contributed by atoms with Crippen LogP contribution in [0.2, 0.25) is 0 Å². The van der Waals surface area contributed by atoms with Crippen molar-refractivity contribution in [3.05, 3.63) is 12.1 Å². The Morgan fingerprint density at radius 3 is 3.45 bits per heavy atom. The van der Waals surface area contributed by atoms with Gasteiger partial charge in [-0.15, -0.1) is 0 Å². The van der Waals surface area contributed by atoms with Gasteiger partial charge in [0.05, 0.1) is 6.54 Å². The topological polar surface area (TPSA) is 67.5 Å². The number of fused-ring (bicyclic) bond motifs is 1. The van der Waals surface area contributed by atoms with Crippen molar-refractivity contribution in [1.82, 2.24) is 10.3 Å². The summed E-state index contributed by atoms with van der Waals surface area (Å²) < 4.78 is 4.84. The lowest BCUT2D eigenvalue weighted by molar-refractivity contribution is 0.0956. The molecule has 0 aliphatic carbocycles. The van der Waals surface area contributed by atoms with E-state index in [1.165, 1.54) is 6.39 Å². The van der Waals surface area contributed by atoms with E-state index in [9.17, 15) is 4.79 Å². The molecule has 11 heavy (non-hydrogen) atoms. The van der Waals surface area contributed by atoms with Gasteiger partial charge in [-0.05, 0) is 0 Å². The molecule has 0 atom stereocenters. The van der Waals surface area contributed by atoms with E-state index in [0.29, 0.717) is 6.54 Å². The van der Waals surface area contributed by atoms with Crippen LogP contribution < -0.4 is 5.32 Å². The molecule has 0 fully saturated rings. The predicted molar refractivity (Wildman–Crippen MR) is 37.0 cm³/mol. The maximum Gasteiger partial charge on any atom is 0.275 e. The standard InChI is InChI=1S/C6H5N3O2/c10-5-4-6(11-3-9-4)8-2-1-7-5/h2-3H,1H2,(H,7,10). The number of aromatic nitrogens is 1. The SMILES string of the molecule is O=C1NCC=Nc2ocnc21. The molecule has 5 heteroatoms. The molecule has 0 saturated carbocycles. The minimum Gasteiger partial charge on any atom is -0.425 e. The van der Waals surface area contributed by atoms with Crippen LogP contribution in [0.1, 0.15) is 10.5 Å².